The van der Waals surface area contributed by atoms with Crippen LogP contribution in [-0.2, 0) is 0 Å². The zero-order chi connectivity index (χ0) is 6.95. The average Bonchev–Trinajstić information content (AvgIpc) is 1.89. The van der Waals surface area contributed by atoms with E-state index in [-0.39, 0.29) is 6.61 Å². The summed E-state index contributed by atoms with van der Waals surface area (Å²) < 4.78 is 0. The summed E-state index contributed by atoms with van der Waals surface area (Å²) in [6.07, 6.45) is 1.70. The van der Waals surface area contributed by atoms with Crippen LogP contribution >= 0.6 is 0 Å². The second-order valence-corrected chi connectivity index (χ2v) is 1.52. The van der Waals surface area contributed by atoms with E-state index in [1.54, 1.807) is 0 Å². The van der Waals surface area contributed by atoms with Crippen LogP contribution in [0, 0.1) is 23.2 Å². The number of rotatable bonds is 2. The first-order chi connectivity index (χ1) is 4.41. The van der Waals surface area contributed by atoms with Crippen molar-refractivity contribution < 1.29 is 5.11 Å². The Hall–Kier alpha value is -0.990. The Morgan fingerprint density at radius 1 is 1.33 bits per heavy atom. The maximum absolute atomic E-state index is 8.29. The van der Waals surface area contributed by atoms with Gasteiger partial charge in [0, 0.05) is 13.0 Å². The van der Waals surface area contributed by atoms with E-state index in [1.165, 1.54) is 0 Å². The van der Waals surface area contributed by atoms with E-state index in [4.69, 9.17) is 10.4 Å². The number of aliphatic hydroxyl groups excluding tert-OH is 1. The molecule has 0 saturated carbocycles. The highest BCUT2D eigenvalue weighted by Crippen LogP contribution is 1.82. The molecule has 2 nitrogen and oxygen atoms in total. The van der Waals surface area contributed by atoms with Crippen LogP contribution in [0.25, 0.3) is 0 Å². The van der Waals surface area contributed by atoms with Crippen molar-refractivity contribution in [1.82, 2.24) is 0 Å². The lowest BCUT2D eigenvalue weighted by atomic mass is 10.3. The second-order valence-electron chi connectivity index (χ2n) is 1.52. The lowest BCUT2D eigenvalue weighted by Gasteiger charge is -1.81. The zero-order valence-electron chi connectivity index (χ0n) is 5.22. The van der Waals surface area contributed by atoms with Crippen LogP contribution in [0.3, 0.4) is 0 Å². The predicted octanol–water partition coefficient (Wildman–Crippen LogP) is 0.676. The molecule has 1 N–H and O–H groups in total. The van der Waals surface area contributed by atoms with E-state index < -0.39 is 0 Å². The molecular weight excluding hydrogens is 114 g/mol. The summed E-state index contributed by atoms with van der Waals surface area (Å²) in [6, 6.07) is 1.91. The molecule has 0 aromatic rings. The minimum Gasteiger partial charge on any atom is -0.396 e. The molecule has 9 heavy (non-hydrogen) atoms. The highest BCUT2D eigenvalue weighted by molar-refractivity contribution is 5.04. The first-order valence-electron chi connectivity index (χ1n) is 2.85. The molecule has 0 aromatic carbocycles. The standard InChI is InChI=1S/C7H9NO/c8-6-4-2-1-3-5-7-9/h9H,3-5,7H2. The van der Waals surface area contributed by atoms with Gasteiger partial charge in [0.05, 0.1) is 12.5 Å². The van der Waals surface area contributed by atoms with Gasteiger partial charge in [-0.25, -0.2) is 0 Å². The molecule has 2 heteroatoms. The molecule has 0 bridgehead atoms. The fourth-order valence-electron chi connectivity index (χ4n) is 0.358. The first kappa shape index (κ1) is 8.01. The van der Waals surface area contributed by atoms with E-state index in [0.717, 1.165) is 0 Å². The summed E-state index contributed by atoms with van der Waals surface area (Å²) in [5, 5.41) is 16.3. The van der Waals surface area contributed by atoms with Crippen LogP contribution in [0.2, 0.25) is 0 Å². The molecule has 0 unspecified atom stereocenters. The van der Waals surface area contributed by atoms with Gasteiger partial charge in [-0.1, -0.05) is 5.92 Å². The van der Waals surface area contributed by atoms with Gasteiger partial charge in [0.1, 0.15) is 0 Å². The third-order valence-electron chi connectivity index (χ3n) is 0.752. The smallest absolute Gasteiger partial charge is 0.0962 e. The van der Waals surface area contributed by atoms with Gasteiger partial charge >= 0.3 is 0 Å². The molecule has 0 aliphatic heterocycles. The minimum atomic E-state index is 0.182. The van der Waals surface area contributed by atoms with Crippen LogP contribution in [0.1, 0.15) is 19.3 Å². The molecule has 0 radical (unpaired) electrons. The lowest BCUT2D eigenvalue weighted by Crippen LogP contribution is -1.78. The first-order valence-corrected chi connectivity index (χ1v) is 2.85. The van der Waals surface area contributed by atoms with Crippen molar-refractivity contribution in [3.05, 3.63) is 0 Å². The predicted molar refractivity (Wildman–Crippen MR) is 34.3 cm³/mol. The number of nitrogens with zero attached hydrogens (tertiary/aromatic N) is 1. The molecule has 0 fully saturated rings. The van der Waals surface area contributed by atoms with Crippen molar-refractivity contribution in [1.29, 1.82) is 5.26 Å². The van der Waals surface area contributed by atoms with Gasteiger partial charge in [-0.15, -0.1) is 5.92 Å². The summed E-state index contributed by atoms with van der Waals surface area (Å²) >= 11 is 0. The van der Waals surface area contributed by atoms with E-state index in [1.807, 2.05) is 6.07 Å². The molecule has 0 spiro atoms. The van der Waals surface area contributed by atoms with E-state index in [0.29, 0.717) is 19.3 Å². The maximum Gasteiger partial charge on any atom is 0.0962 e. The van der Waals surface area contributed by atoms with Crippen molar-refractivity contribution in [3.63, 3.8) is 0 Å². The molecule has 0 aliphatic rings. The number of aliphatic hydroxyl groups is 1. The largest absolute Gasteiger partial charge is 0.396 e. The van der Waals surface area contributed by atoms with Gasteiger partial charge in [0.2, 0.25) is 0 Å². The van der Waals surface area contributed by atoms with Gasteiger partial charge < -0.3 is 5.11 Å². The molecule has 48 valence electrons. The molecule has 0 heterocycles. The zero-order valence-corrected chi connectivity index (χ0v) is 5.22. The highest BCUT2D eigenvalue weighted by atomic mass is 16.2. The molecule has 0 amide bonds. The lowest BCUT2D eigenvalue weighted by molar-refractivity contribution is 0.290. The quantitative estimate of drug-likeness (QED) is 0.433. The average molecular weight is 123 g/mol. The SMILES string of the molecule is N#CCC#CCCCO. The van der Waals surface area contributed by atoms with Gasteiger partial charge in [0.25, 0.3) is 0 Å². The Morgan fingerprint density at radius 3 is 2.67 bits per heavy atom. The van der Waals surface area contributed by atoms with Gasteiger partial charge in [0.15, 0.2) is 0 Å². The van der Waals surface area contributed by atoms with Crippen molar-refractivity contribution in [2.75, 3.05) is 6.61 Å². The highest BCUT2D eigenvalue weighted by Gasteiger charge is 1.75. The summed E-state index contributed by atoms with van der Waals surface area (Å²) in [4.78, 5) is 0. The van der Waals surface area contributed by atoms with Crippen LogP contribution in [0.5, 0.6) is 0 Å². The van der Waals surface area contributed by atoms with Crippen molar-refractivity contribution in [3.8, 4) is 17.9 Å². The molecular formula is C7H9NO. The Kier molecular flexibility index (Phi) is 6.24. The van der Waals surface area contributed by atoms with Gasteiger partial charge in [-0.2, -0.15) is 5.26 Å². The number of nitriles is 1. The van der Waals surface area contributed by atoms with Crippen molar-refractivity contribution in [2.24, 2.45) is 0 Å². The molecule has 0 aliphatic carbocycles. The summed E-state index contributed by atoms with van der Waals surface area (Å²) in [7, 11) is 0. The number of hydrogen-bond donors (Lipinski definition) is 1. The normalized spacial score (nSPS) is 7.11. The minimum absolute atomic E-state index is 0.182. The fraction of sp³-hybridized carbons (Fsp3) is 0.571. The van der Waals surface area contributed by atoms with Crippen LogP contribution in [0.4, 0.5) is 0 Å². The Balaban J connectivity index is 3.08. The van der Waals surface area contributed by atoms with E-state index >= 15 is 0 Å². The topological polar surface area (TPSA) is 44.0 Å². The third-order valence-corrected chi connectivity index (χ3v) is 0.752. The maximum atomic E-state index is 8.29. The Labute approximate surface area is 55.1 Å². The molecule has 0 rings (SSSR count). The Bertz CT molecular complexity index is 147. The van der Waals surface area contributed by atoms with Gasteiger partial charge in [-0.3, -0.25) is 0 Å². The van der Waals surface area contributed by atoms with Gasteiger partial charge in [-0.05, 0) is 6.42 Å². The van der Waals surface area contributed by atoms with Crippen LogP contribution in [-0.4, -0.2) is 11.7 Å². The van der Waals surface area contributed by atoms with Crippen molar-refractivity contribution >= 4 is 0 Å². The molecule has 0 atom stereocenters. The summed E-state index contributed by atoms with van der Waals surface area (Å²) in [5.41, 5.74) is 0. The summed E-state index contributed by atoms with van der Waals surface area (Å²) in [6.45, 7) is 0.182. The van der Waals surface area contributed by atoms with E-state index in [9.17, 15) is 0 Å². The molecule has 0 aromatic heterocycles. The van der Waals surface area contributed by atoms with Crippen LogP contribution in [0.15, 0.2) is 0 Å². The third kappa shape index (κ3) is 7.01. The summed E-state index contributed by atoms with van der Waals surface area (Å²) in [5.74, 6) is 5.40. The number of hydrogen-bond acceptors (Lipinski definition) is 2. The van der Waals surface area contributed by atoms with E-state index in [2.05, 4.69) is 11.8 Å². The second kappa shape index (κ2) is 7.01. The fourth-order valence-corrected chi connectivity index (χ4v) is 0.358. The number of unbranched alkanes of at least 4 members (excludes halogenated alkanes) is 1. The monoisotopic (exact) mass is 123 g/mol. The molecule has 0 saturated heterocycles. The Morgan fingerprint density at radius 2 is 2.11 bits per heavy atom. The van der Waals surface area contributed by atoms with Crippen molar-refractivity contribution in [2.45, 2.75) is 19.3 Å². The van der Waals surface area contributed by atoms with Crippen LogP contribution < -0.4 is 0 Å².